The molecule has 1 saturated heterocycles. The number of hydrogen-bond donors (Lipinski definition) is 0. The predicted octanol–water partition coefficient (Wildman–Crippen LogP) is 1.69. The van der Waals surface area contributed by atoms with Crippen molar-refractivity contribution < 1.29 is 14.0 Å². The largest absolute Gasteiger partial charge is 0.337 e. The van der Waals surface area contributed by atoms with E-state index in [1.807, 2.05) is 4.90 Å². The maximum atomic E-state index is 14.0. The van der Waals surface area contributed by atoms with Crippen LogP contribution in [-0.4, -0.2) is 70.6 Å². The molecule has 0 spiro atoms. The summed E-state index contributed by atoms with van der Waals surface area (Å²) >= 11 is 3.31. The van der Waals surface area contributed by atoms with Crippen molar-refractivity contribution in [2.24, 2.45) is 15.9 Å². The van der Waals surface area contributed by atoms with Gasteiger partial charge >= 0.3 is 0 Å². The minimum Gasteiger partial charge on any atom is -0.337 e. The van der Waals surface area contributed by atoms with E-state index in [1.54, 1.807) is 17.2 Å². The van der Waals surface area contributed by atoms with Gasteiger partial charge in [-0.15, -0.1) is 0 Å². The summed E-state index contributed by atoms with van der Waals surface area (Å²) in [6, 6.07) is 1.74. The number of pyridine rings is 1. The van der Waals surface area contributed by atoms with Gasteiger partial charge in [-0.3, -0.25) is 14.6 Å². The lowest BCUT2D eigenvalue weighted by molar-refractivity contribution is -0.120. The standard InChI is InChI=1S/C17H17BrFN5O2/c18-12-7-11(8-20-9-12)16(26)23-3-5-24(6-4-23)17-21-14(10-1-2-10)13(19)15(25)22-17/h7-10,13H,1-6H2. The lowest BCUT2D eigenvalue weighted by Gasteiger charge is -2.36. The van der Waals surface area contributed by atoms with E-state index in [9.17, 15) is 14.0 Å². The van der Waals surface area contributed by atoms with Crippen molar-refractivity contribution in [1.82, 2.24) is 14.8 Å². The molecule has 1 aromatic heterocycles. The molecule has 7 nitrogen and oxygen atoms in total. The first-order valence-electron chi connectivity index (χ1n) is 8.53. The third kappa shape index (κ3) is 3.40. The van der Waals surface area contributed by atoms with Crippen LogP contribution in [0.15, 0.2) is 32.9 Å². The molecule has 1 atom stereocenters. The van der Waals surface area contributed by atoms with Crippen LogP contribution in [0.4, 0.5) is 4.39 Å². The summed E-state index contributed by atoms with van der Waals surface area (Å²) < 4.78 is 14.7. The number of rotatable bonds is 2. The molecule has 1 unspecified atom stereocenters. The molecule has 0 aromatic carbocycles. The smallest absolute Gasteiger partial charge is 0.289 e. The highest BCUT2D eigenvalue weighted by molar-refractivity contribution is 9.10. The molecule has 1 aromatic rings. The van der Waals surface area contributed by atoms with Gasteiger partial charge in [0.2, 0.25) is 12.1 Å². The van der Waals surface area contributed by atoms with Gasteiger partial charge in [-0.2, -0.15) is 4.99 Å². The number of amides is 2. The Hall–Kier alpha value is -2.16. The number of carbonyl (C=O) groups excluding carboxylic acids is 2. The summed E-state index contributed by atoms with van der Waals surface area (Å²) in [5.41, 5.74) is 0.839. The van der Waals surface area contributed by atoms with E-state index >= 15 is 0 Å². The number of aliphatic imine (C=N–C) groups is 2. The summed E-state index contributed by atoms with van der Waals surface area (Å²) in [5, 5.41) is 0. The van der Waals surface area contributed by atoms with Crippen LogP contribution in [0.25, 0.3) is 0 Å². The highest BCUT2D eigenvalue weighted by Gasteiger charge is 2.40. The van der Waals surface area contributed by atoms with Crippen molar-refractivity contribution in [3.8, 4) is 0 Å². The molecule has 4 rings (SSSR count). The van der Waals surface area contributed by atoms with Crippen molar-refractivity contribution in [1.29, 1.82) is 0 Å². The van der Waals surface area contributed by atoms with E-state index in [1.165, 1.54) is 6.20 Å². The molecule has 1 aliphatic carbocycles. The Balaban J connectivity index is 1.43. The second-order valence-electron chi connectivity index (χ2n) is 6.59. The van der Waals surface area contributed by atoms with Crippen LogP contribution in [0.3, 0.4) is 0 Å². The summed E-state index contributed by atoms with van der Waals surface area (Å²) in [6.07, 6.45) is 3.22. The fourth-order valence-electron chi connectivity index (χ4n) is 3.12. The molecule has 2 fully saturated rings. The minimum absolute atomic E-state index is 0.0753. The fourth-order valence-corrected chi connectivity index (χ4v) is 3.48. The van der Waals surface area contributed by atoms with E-state index in [0.29, 0.717) is 37.5 Å². The third-order valence-electron chi connectivity index (χ3n) is 4.71. The number of nitrogens with zero attached hydrogens (tertiary/aromatic N) is 5. The van der Waals surface area contributed by atoms with Crippen molar-refractivity contribution in [3.63, 3.8) is 0 Å². The Morgan fingerprint density at radius 3 is 2.54 bits per heavy atom. The second kappa shape index (κ2) is 6.86. The second-order valence-corrected chi connectivity index (χ2v) is 7.51. The van der Waals surface area contributed by atoms with Gasteiger partial charge in [0, 0.05) is 49.0 Å². The van der Waals surface area contributed by atoms with Crippen LogP contribution in [-0.2, 0) is 4.79 Å². The topological polar surface area (TPSA) is 78.2 Å². The molecule has 136 valence electrons. The van der Waals surface area contributed by atoms with E-state index in [-0.39, 0.29) is 17.8 Å². The van der Waals surface area contributed by atoms with Crippen LogP contribution in [0, 0.1) is 5.92 Å². The molecule has 0 N–H and O–H groups in total. The van der Waals surface area contributed by atoms with E-state index in [2.05, 4.69) is 30.9 Å². The number of guanidine groups is 1. The minimum atomic E-state index is -1.70. The maximum Gasteiger partial charge on any atom is 0.289 e. The van der Waals surface area contributed by atoms with Gasteiger partial charge in [0.25, 0.3) is 11.8 Å². The van der Waals surface area contributed by atoms with Gasteiger partial charge in [-0.05, 0) is 34.8 Å². The van der Waals surface area contributed by atoms with E-state index in [0.717, 1.165) is 17.3 Å². The molecule has 2 amide bonds. The first kappa shape index (κ1) is 17.3. The Morgan fingerprint density at radius 1 is 1.15 bits per heavy atom. The predicted molar refractivity (Wildman–Crippen MR) is 96.9 cm³/mol. The molecular formula is C17H17BrFN5O2. The van der Waals surface area contributed by atoms with Crippen molar-refractivity contribution in [3.05, 3.63) is 28.5 Å². The molecule has 9 heteroatoms. The SMILES string of the molecule is O=C1N=C(N2CCN(C(=O)c3cncc(Br)c3)CC2)N=C(C2CC2)C1F. The normalized spacial score (nSPS) is 23.6. The lowest BCUT2D eigenvalue weighted by Crippen LogP contribution is -2.51. The van der Waals surface area contributed by atoms with Crippen molar-refractivity contribution in [2.75, 3.05) is 26.2 Å². The quantitative estimate of drug-likeness (QED) is 0.727. The average Bonchev–Trinajstić information content (AvgIpc) is 3.48. The number of hydrogen-bond acceptors (Lipinski definition) is 5. The highest BCUT2D eigenvalue weighted by Crippen LogP contribution is 2.34. The summed E-state index contributed by atoms with van der Waals surface area (Å²) in [5.74, 6) is -0.505. The van der Waals surface area contributed by atoms with Crippen LogP contribution in [0.1, 0.15) is 23.2 Å². The molecular weight excluding hydrogens is 405 g/mol. The van der Waals surface area contributed by atoms with Gasteiger partial charge in [-0.1, -0.05) is 0 Å². The third-order valence-corrected chi connectivity index (χ3v) is 5.15. The zero-order chi connectivity index (χ0) is 18.3. The molecule has 0 bridgehead atoms. The van der Waals surface area contributed by atoms with Gasteiger partial charge in [0.15, 0.2) is 0 Å². The molecule has 26 heavy (non-hydrogen) atoms. The van der Waals surface area contributed by atoms with E-state index in [4.69, 9.17) is 0 Å². The van der Waals surface area contributed by atoms with E-state index < -0.39 is 12.1 Å². The molecule has 1 saturated carbocycles. The van der Waals surface area contributed by atoms with Gasteiger partial charge in [-0.25, -0.2) is 9.38 Å². The Kier molecular flexibility index (Phi) is 4.56. The summed E-state index contributed by atoms with van der Waals surface area (Å²) in [6.45, 7) is 1.95. The first-order chi connectivity index (χ1) is 12.5. The highest BCUT2D eigenvalue weighted by atomic mass is 79.9. The monoisotopic (exact) mass is 421 g/mol. The maximum absolute atomic E-state index is 14.0. The van der Waals surface area contributed by atoms with Crippen molar-refractivity contribution >= 4 is 39.4 Å². The van der Waals surface area contributed by atoms with Gasteiger partial charge in [0.05, 0.1) is 11.3 Å². The average molecular weight is 422 g/mol. The Morgan fingerprint density at radius 2 is 1.88 bits per heavy atom. The fraction of sp³-hybridized carbons (Fsp3) is 0.471. The number of carbonyl (C=O) groups is 2. The molecule has 3 heterocycles. The van der Waals surface area contributed by atoms with Crippen LogP contribution >= 0.6 is 15.9 Å². The molecule has 0 radical (unpaired) electrons. The number of halogens is 2. The Labute approximate surface area is 158 Å². The van der Waals surface area contributed by atoms with Crippen LogP contribution < -0.4 is 0 Å². The number of alkyl halides is 1. The van der Waals surface area contributed by atoms with Gasteiger partial charge < -0.3 is 9.80 Å². The van der Waals surface area contributed by atoms with Gasteiger partial charge in [0.1, 0.15) is 0 Å². The van der Waals surface area contributed by atoms with Crippen molar-refractivity contribution in [2.45, 2.75) is 19.0 Å². The first-order valence-corrected chi connectivity index (χ1v) is 9.32. The summed E-state index contributed by atoms with van der Waals surface area (Å²) in [7, 11) is 0. The Bertz CT molecular complexity index is 815. The summed E-state index contributed by atoms with van der Waals surface area (Å²) in [4.78, 5) is 40.1. The number of aromatic nitrogens is 1. The van der Waals surface area contributed by atoms with Crippen LogP contribution in [0.2, 0.25) is 0 Å². The molecule has 2 aliphatic heterocycles. The zero-order valence-electron chi connectivity index (χ0n) is 13.9. The number of piperazine rings is 1. The lowest BCUT2D eigenvalue weighted by atomic mass is 10.1. The van der Waals surface area contributed by atoms with Crippen LogP contribution in [0.5, 0.6) is 0 Å². The zero-order valence-corrected chi connectivity index (χ0v) is 15.5. The molecule has 3 aliphatic rings.